The molecule has 1 heterocycles. The van der Waals surface area contributed by atoms with Crippen molar-refractivity contribution in [2.75, 3.05) is 5.73 Å². The fraction of sp³-hybridized carbons (Fsp3) is 0.154. The largest absolute Gasteiger partial charge is 0.439 e. The predicted octanol–water partition coefficient (Wildman–Crippen LogP) is 3.78. The Labute approximate surface area is 107 Å². The molecule has 100 valence electrons. The van der Waals surface area contributed by atoms with Gasteiger partial charge in [-0.1, -0.05) is 0 Å². The second kappa shape index (κ2) is 4.79. The molecule has 1 aromatic carbocycles. The first-order chi connectivity index (χ1) is 8.86. The molecule has 0 radical (unpaired) electrons. The average molecular weight is 268 g/mol. The topological polar surface area (TPSA) is 48.1 Å². The maximum Gasteiger partial charge on any atom is 0.416 e. The Bertz CT molecular complexity index is 597. The molecule has 0 aliphatic heterocycles. The molecule has 2 aromatic rings. The van der Waals surface area contributed by atoms with Crippen LogP contribution in [0.3, 0.4) is 0 Å². The minimum Gasteiger partial charge on any atom is -0.439 e. The summed E-state index contributed by atoms with van der Waals surface area (Å²) in [6.45, 7) is 1.75. The average Bonchev–Trinajstić information content (AvgIpc) is 2.32. The van der Waals surface area contributed by atoms with Gasteiger partial charge in [0.1, 0.15) is 5.75 Å². The maximum atomic E-state index is 12.5. The summed E-state index contributed by atoms with van der Waals surface area (Å²) in [5.74, 6) is 0.309. The molecule has 1 aromatic heterocycles. The fourth-order valence-electron chi connectivity index (χ4n) is 1.54. The van der Waals surface area contributed by atoms with E-state index >= 15 is 0 Å². The van der Waals surface area contributed by atoms with Gasteiger partial charge in [0.2, 0.25) is 5.88 Å². The highest BCUT2D eigenvalue weighted by atomic mass is 19.4. The van der Waals surface area contributed by atoms with E-state index in [9.17, 15) is 13.2 Å². The Kier molecular flexibility index (Phi) is 3.33. The van der Waals surface area contributed by atoms with Crippen LogP contribution in [0.1, 0.15) is 11.1 Å². The molecule has 0 atom stereocenters. The number of halogens is 3. The Morgan fingerprint density at radius 1 is 1.16 bits per heavy atom. The number of ether oxygens (including phenoxy) is 1. The monoisotopic (exact) mass is 268 g/mol. The number of anilines is 1. The molecule has 3 nitrogen and oxygen atoms in total. The van der Waals surface area contributed by atoms with Crippen molar-refractivity contribution in [2.24, 2.45) is 0 Å². The fourth-order valence-corrected chi connectivity index (χ4v) is 1.54. The van der Waals surface area contributed by atoms with Gasteiger partial charge in [0.05, 0.1) is 5.56 Å². The highest BCUT2D eigenvalue weighted by molar-refractivity contribution is 5.48. The molecular formula is C13H11F3N2O. The summed E-state index contributed by atoms with van der Waals surface area (Å²) in [5.41, 5.74) is 6.06. The third-order valence-corrected chi connectivity index (χ3v) is 2.48. The minimum atomic E-state index is -4.42. The Morgan fingerprint density at radius 2 is 1.89 bits per heavy atom. The first-order valence-electron chi connectivity index (χ1n) is 5.43. The molecule has 2 N–H and O–H groups in total. The highest BCUT2D eigenvalue weighted by Crippen LogP contribution is 2.32. The number of nitrogen functional groups attached to an aromatic ring is 1. The second-order valence-corrected chi connectivity index (χ2v) is 4.01. The lowest BCUT2D eigenvalue weighted by atomic mass is 10.2. The summed E-state index contributed by atoms with van der Waals surface area (Å²) in [5, 5.41) is 0. The van der Waals surface area contributed by atoms with E-state index in [0.717, 1.165) is 23.9 Å². The number of benzene rings is 1. The van der Waals surface area contributed by atoms with Crippen molar-refractivity contribution < 1.29 is 17.9 Å². The van der Waals surface area contributed by atoms with Crippen LogP contribution < -0.4 is 10.5 Å². The highest BCUT2D eigenvalue weighted by Gasteiger charge is 2.31. The molecule has 0 saturated heterocycles. The zero-order valence-corrected chi connectivity index (χ0v) is 10.0. The van der Waals surface area contributed by atoms with E-state index in [4.69, 9.17) is 10.5 Å². The number of pyridine rings is 1. The van der Waals surface area contributed by atoms with Gasteiger partial charge in [-0.3, -0.25) is 0 Å². The van der Waals surface area contributed by atoms with Crippen molar-refractivity contribution in [3.8, 4) is 11.6 Å². The molecule has 6 heteroatoms. The van der Waals surface area contributed by atoms with Crippen molar-refractivity contribution in [2.45, 2.75) is 13.1 Å². The Balaban J connectivity index is 2.29. The molecule has 19 heavy (non-hydrogen) atoms. The summed E-state index contributed by atoms with van der Waals surface area (Å²) < 4.78 is 43.0. The molecule has 0 unspecified atom stereocenters. The van der Waals surface area contributed by atoms with Crippen molar-refractivity contribution in [3.63, 3.8) is 0 Å². The smallest absolute Gasteiger partial charge is 0.416 e. The van der Waals surface area contributed by atoms with Crippen LogP contribution in [-0.4, -0.2) is 4.98 Å². The van der Waals surface area contributed by atoms with Crippen molar-refractivity contribution in [1.29, 1.82) is 0 Å². The first kappa shape index (κ1) is 13.2. The van der Waals surface area contributed by atoms with E-state index in [2.05, 4.69) is 4.98 Å². The number of nitrogens with zero attached hydrogens (tertiary/aromatic N) is 1. The van der Waals surface area contributed by atoms with E-state index in [1.807, 2.05) is 0 Å². The SMILES string of the molecule is Cc1cc(N)ccc1Oc1cc(C(F)(F)F)ccn1. The zero-order chi connectivity index (χ0) is 14.0. The van der Waals surface area contributed by atoms with Crippen LogP contribution in [0.15, 0.2) is 36.5 Å². The Hall–Kier alpha value is -2.24. The molecule has 0 amide bonds. The number of nitrogens with two attached hydrogens (primary N) is 1. The van der Waals surface area contributed by atoms with Gasteiger partial charge in [-0.15, -0.1) is 0 Å². The number of aryl methyl sites for hydroxylation is 1. The van der Waals surface area contributed by atoms with Crippen LogP contribution in [0.4, 0.5) is 18.9 Å². The number of aromatic nitrogens is 1. The third kappa shape index (κ3) is 3.15. The normalized spacial score (nSPS) is 11.4. The van der Waals surface area contributed by atoms with Gasteiger partial charge in [0.25, 0.3) is 0 Å². The van der Waals surface area contributed by atoms with Gasteiger partial charge in [-0.2, -0.15) is 13.2 Å². The summed E-state index contributed by atoms with van der Waals surface area (Å²) in [6, 6.07) is 6.62. The lowest BCUT2D eigenvalue weighted by Crippen LogP contribution is -2.05. The van der Waals surface area contributed by atoms with Gasteiger partial charge in [0, 0.05) is 18.0 Å². The molecular weight excluding hydrogens is 257 g/mol. The summed E-state index contributed by atoms with van der Waals surface area (Å²) in [7, 11) is 0. The molecule has 0 aliphatic rings. The van der Waals surface area contributed by atoms with Crippen LogP contribution in [-0.2, 0) is 6.18 Å². The molecule has 0 aliphatic carbocycles. The van der Waals surface area contributed by atoms with E-state index in [0.29, 0.717) is 11.4 Å². The van der Waals surface area contributed by atoms with E-state index in [1.165, 1.54) is 0 Å². The minimum absolute atomic E-state index is 0.109. The third-order valence-electron chi connectivity index (χ3n) is 2.48. The van der Waals surface area contributed by atoms with Crippen molar-refractivity contribution >= 4 is 5.69 Å². The zero-order valence-electron chi connectivity index (χ0n) is 10.0. The van der Waals surface area contributed by atoms with Crippen molar-refractivity contribution in [3.05, 3.63) is 47.7 Å². The molecule has 0 spiro atoms. The van der Waals surface area contributed by atoms with Crippen LogP contribution in [0, 0.1) is 6.92 Å². The molecule has 0 fully saturated rings. The van der Waals surface area contributed by atoms with Gasteiger partial charge >= 0.3 is 6.18 Å². The lowest BCUT2D eigenvalue weighted by molar-refractivity contribution is -0.137. The molecule has 0 saturated carbocycles. The lowest BCUT2D eigenvalue weighted by Gasteiger charge is -2.10. The summed E-state index contributed by atoms with van der Waals surface area (Å²) in [6.07, 6.45) is -3.36. The Morgan fingerprint density at radius 3 is 2.53 bits per heavy atom. The predicted molar refractivity (Wildman–Crippen MR) is 64.9 cm³/mol. The summed E-state index contributed by atoms with van der Waals surface area (Å²) in [4.78, 5) is 3.76. The van der Waals surface area contributed by atoms with E-state index in [1.54, 1.807) is 25.1 Å². The van der Waals surface area contributed by atoms with Gasteiger partial charge in [0.15, 0.2) is 0 Å². The second-order valence-electron chi connectivity index (χ2n) is 4.01. The van der Waals surface area contributed by atoms with Crippen LogP contribution in [0.25, 0.3) is 0 Å². The first-order valence-corrected chi connectivity index (χ1v) is 5.43. The van der Waals surface area contributed by atoms with E-state index < -0.39 is 11.7 Å². The standard InChI is InChI=1S/C13H11F3N2O/c1-8-6-10(17)2-3-11(8)19-12-7-9(4-5-18-12)13(14,15)16/h2-7H,17H2,1H3. The quantitative estimate of drug-likeness (QED) is 0.843. The van der Waals surface area contributed by atoms with Crippen molar-refractivity contribution in [1.82, 2.24) is 4.98 Å². The van der Waals surface area contributed by atoms with Crippen LogP contribution in [0.2, 0.25) is 0 Å². The molecule has 0 bridgehead atoms. The van der Waals surface area contributed by atoms with E-state index in [-0.39, 0.29) is 5.88 Å². The van der Waals surface area contributed by atoms with Crippen LogP contribution >= 0.6 is 0 Å². The number of rotatable bonds is 2. The van der Waals surface area contributed by atoms with Gasteiger partial charge < -0.3 is 10.5 Å². The van der Waals surface area contributed by atoms with Gasteiger partial charge in [-0.25, -0.2) is 4.98 Å². The van der Waals surface area contributed by atoms with Gasteiger partial charge in [-0.05, 0) is 36.8 Å². The van der Waals surface area contributed by atoms with Crippen LogP contribution in [0.5, 0.6) is 11.6 Å². The maximum absolute atomic E-state index is 12.5. The number of hydrogen-bond donors (Lipinski definition) is 1. The summed E-state index contributed by atoms with van der Waals surface area (Å²) >= 11 is 0. The number of alkyl halides is 3. The number of hydrogen-bond acceptors (Lipinski definition) is 3. The molecule has 2 rings (SSSR count).